The van der Waals surface area contributed by atoms with E-state index in [4.69, 9.17) is 4.74 Å². The average molecular weight is 332 g/mol. The summed E-state index contributed by atoms with van der Waals surface area (Å²) in [7, 11) is 0. The molecular formula is C15H23BrFNO. The molecule has 0 saturated heterocycles. The van der Waals surface area contributed by atoms with Gasteiger partial charge >= 0.3 is 0 Å². The van der Waals surface area contributed by atoms with Crippen LogP contribution in [0.4, 0.5) is 4.39 Å². The molecule has 4 heteroatoms. The molecule has 0 saturated carbocycles. The van der Waals surface area contributed by atoms with Gasteiger partial charge < -0.3 is 10.1 Å². The van der Waals surface area contributed by atoms with Gasteiger partial charge in [-0.25, -0.2) is 4.39 Å². The lowest BCUT2D eigenvalue weighted by Gasteiger charge is -2.21. The van der Waals surface area contributed by atoms with Gasteiger partial charge in [-0.15, -0.1) is 0 Å². The molecule has 1 aromatic carbocycles. The molecule has 0 radical (unpaired) electrons. The van der Waals surface area contributed by atoms with Crippen molar-refractivity contribution in [3.05, 3.63) is 28.5 Å². The summed E-state index contributed by atoms with van der Waals surface area (Å²) in [5, 5.41) is 3.45. The first-order chi connectivity index (χ1) is 8.78. The standard InChI is InChI=1S/C15H23BrFNO/c1-11(6-5-9-18-15(2,3)4)19-12-7-8-14(17)13(16)10-12/h7-8,10-11,18H,5-6,9H2,1-4H3. The summed E-state index contributed by atoms with van der Waals surface area (Å²) in [4.78, 5) is 0. The van der Waals surface area contributed by atoms with Gasteiger partial charge in [0, 0.05) is 5.54 Å². The second-order valence-corrected chi connectivity index (χ2v) is 6.68. The number of ether oxygens (including phenoxy) is 1. The lowest BCUT2D eigenvalue weighted by atomic mass is 10.1. The second kappa shape index (κ2) is 7.25. The highest BCUT2D eigenvalue weighted by atomic mass is 79.9. The molecule has 1 unspecified atom stereocenters. The van der Waals surface area contributed by atoms with E-state index in [2.05, 4.69) is 42.0 Å². The quantitative estimate of drug-likeness (QED) is 0.773. The van der Waals surface area contributed by atoms with E-state index in [1.165, 1.54) is 6.07 Å². The Balaban J connectivity index is 2.31. The van der Waals surface area contributed by atoms with E-state index in [0.717, 1.165) is 19.4 Å². The van der Waals surface area contributed by atoms with Gasteiger partial charge in [0.2, 0.25) is 0 Å². The van der Waals surface area contributed by atoms with Crippen LogP contribution in [0.5, 0.6) is 5.75 Å². The first-order valence-corrected chi connectivity index (χ1v) is 7.44. The maximum absolute atomic E-state index is 13.1. The molecule has 0 amide bonds. The summed E-state index contributed by atoms with van der Waals surface area (Å²) in [6.45, 7) is 9.48. The van der Waals surface area contributed by atoms with E-state index in [0.29, 0.717) is 10.2 Å². The third-order valence-electron chi connectivity index (χ3n) is 2.67. The molecule has 108 valence electrons. The van der Waals surface area contributed by atoms with Crippen molar-refractivity contribution in [2.75, 3.05) is 6.54 Å². The van der Waals surface area contributed by atoms with E-state index < -0.39 is 0 Å². The van der Waals surface area contributed by atoms with Crippen molar-refractivity contribution < 1.29 is 9.13 Å². The molecule has 0 aliphatic rings. The Hall–Kier alpha value is -0.610. The lowest BCUT2D eigenvalue weighted by Crippen LogP contribution is -2.36. The minimum atomic E-state index is -0.269. The monoisotopic (exact) mass is 331 g/mol. The Bertz CT molecular complexity index is 404. The van der Waals surface area contributed by atoms with Crippen LogP contribution in [0.2, 0.25) is 0 Å². The topological polar surface area (TPSA) is 21.3 Å². The van der Waals surface area contributed by atoms with Crippen LogP contribution in [0, 0.1) is 5.82 Å². The second-order valence-electron chi connectivity index (χ2n) is 5.82. The Kier molecular flexibility index (Phi) is 6.27. The van der Waals surface area contributed by atoms with Gasteiger partial charge in [0.15, 0.2) is 0 Å². The van der Waals surface area contributed by atoms with Crippen LogP contribution in [0.15, 0.2) is 22.7 Å². The summed E-state index contributed by atoms with van der Waals surface area (Å²) in [6.07, 6.45) is 2.15. The molecule has 1 rings (SSSR count). The zero-order chi connectivity index (χ0) is 14.5. The molecule has 0 spiro atoms. The van der Waals surface area contributed by atoms with Crippen LogP contribution >= 0.6 is 15.9 Å². The van der Waals surface area contributed by atoms with Crippen molar-refractivity contribution in [2.45, 2.75) is 52.2 Å². The Labute approximate surface area is 123 Å². The van der Waals surface area contributed by atoms with Crippen molar-refractivity contribution in [1.29, 1.82) is 0 Å². The molecule has 0 aromatic heterocycles. The Morgan fingerprint density at radius 1 is 1.37 bits per heavy atom. The molecule has 1 N–H and O–H groups in total. The van der Waals surface area contributed by atoms with E-state index in [9.17, 15) is 4.39 Å². The smallest absolute Gasteiger partial charge is 0.137 e. The van der Waals surface area contributed by atoms with E-state index in [1.54, 1.807) is 12.1 Å². The Morgan fingerprint density at radius 3 is 2.63 bits per heavy atom. The summed E-state index contributed by atoms with van der Waals surface area (Å²) >= 11 is 3.16. The molecule has 1 atom stereocenters. The summed E-state index contributed by atoms with van der Waals surface area (Å²) in [6, 6.07) is 4.73. The lowest BCUT2D eigenvalue weighted by molar-refractivity contribution is 0.205. The van der Waals surface area contributed by atoms with Crippen LogP contribution in [0.25, 0.3) is 0 Å². The van der Waals surface area contributed by atoms with E-state index in [-0.39, 0.29) is 17.5 Å². The molecular weight excluding hydrogens is 309 g/mol. The summed E-state index contributed by atoms with van der Waals surface area (Å²) in [5.74, 6) is 0.430. The predicted octanol–water partition coefficient (Wildman–Crippen LogP) is 4.52. The van der Waals surface area contributed by atoms with Crippen molar-refractivity contribution >= 4 is 15.9 Å². The van der Waals surface area contributed by atoms with Gasteiger partial charge in [0.05, 0.1) is 10.6 Å². The van der Waals surface area contributed by atoms with Crippen molar-refractivity contribution in [3.8, 4) is 5.75 Å². The third-order valence-corrected chi connectivity index (χ3v) is 3.28. The molecule has 0 aliphatic carbocycles. The first-order valence-electron chi connectivity index (χ1n) is 6.64. The fourth-order valence-electron chi connectivity index (χ4n) is 1.69. The third kappa shape index (κ3) is 6.92. The number of benzene rings is 1. The summed E-state index contributed by atoms with van der Waals surface area (Å²) in [5.41, 5.74) is 0.159. The van der Waals surface area contributed by atoms with Crippen molar-refractivity contribution in [3.63, 3.8) is 0 Å². The van der Waals surface area contributed by atoms with Gasteiger partial charge in [-0.05, 0) is 81.2 Å². The van der Waals surface area contributed by atoms with Crippen LogP contribution < -0.4 is 10.1 Å². The number of rotatable bonds is 6. The molecule has 0 fully saturated rings. The first kappa shape index (κ1) is 16.4. The number of hydrogen-bond acceptors (Lipinski definition) is 2. The minimum absolute atomic E-state index is 0.124. The summed E-state index contributed by atoms with van der Waals surface area (Å²) < 4.78 is 19.3. The predicted molar refractivity (Wildman–Crippen MR) is 81.2 cm³/mol. The Morgan fingerprint density at radius 2 is 2.05 bits per heavy atom. The average Bonchev–Trinajstić information content (AvgIpc) is 2.28. The van der Waals surface area contributed by atoms with E-state index in [1.807, 2.05) is 6.92 Å². The van der Waals surface area contributed by atoms with Crippen molar-refractivity contribution in [1.82, 2.24) is 5.32 Å². The van der Waals surface area contributed by atoms with Crippen LogP contribution in [0.1, 0.15) is 40.5 Å². The zero-order valence-corrected chi connectivity index (χ0v) is 13.7. The zero-order valence-electron chi connectivity index (χ0n) is 12.1. The molecule has 0 bridgehead atoms. The van der Waals surface area contributed by atoms with Crippen LogP contribution in [0.3, 0.4) is 0 Å². The molecule has 19 heavy (non-hydrogen) atoms. The van der Waals surface area contributed by atoms with Crippen LogP contribution in [-0.2, 0) is 0 Å². The maximum atomic E-state index is 13.1. The normalized spacial score (nSPS) is 13.4. The number of halogens is 2. The van der Waals surface area contributed by atoms with Gasteiger partial charge in [-0.1, -0.05) is 0 Å². The highest BCUT2D eigenvalue weighted by molar-refractivity contribution is 9.10. The van der Waals surface area contributed by atoms with Gasteiger partial charge in [0.1, 0.15) is 11.6 Å². The largest absolute Gasteiger partial charge is 0.491 e. The minimum Gasteiger partial charge on any atom is -0.491 e. The molecule has 2 nitrogen and oxygen atoms in total. The highest BCUT2D eigenvalue weighted by Gasteiger charge is 2.09. The van der Waals surface area contributed by atoms with E-state index >= 15 is 0 Å². The van der Waals surface area contributed by atoms with Gasteiger partial charge in [0.25, 0.3) is 0 Å². The number of hydrogen-bond donors (Lipinski definition) is 1. The molecule has 1 aromatic rings. The molecule has 0 heterocycles. The SMILES string of the molecule is CC(CCCNC(C)(C)C)Oc1ccc(F)c(Br)c1. The van der Waals surface area contributed by atoms with Gasteiger partial charge in [-0.3, -0.25) is 0 Å². The number of nitrogens with one attached hydrogen (secondary N) is 1. The molecule has 0 aliphatic heterocycles. The maximum Gasteiger partial charge on any atom is 0.137 e. The van der Waals surface area contributed by atoms with Gasteiger partial charge in [-0.2, -0.15) is 0 Å². The highest BCUT2D eigenvalue weighted by Crippen LogP contribution is 2.23. The van der Waals surface area contributed by atoms with Crippen molar-refractivity contribution in [2.24, 2.45) is 0 Å². The van der Waals surface area contributed by atoms with Crippen LogP contribution in [-0.4, -0.2) is 18.2 Å². The fourth-order valence-corrected chi connectivity index (χ4v) is 2.05. The fraction of sp³-hybridized carbons (Fsp3) is 0.600.